The maximum Gasteiger partial charge on any atom is 0.206 e. The van der Waals surface area contributed by atoms with Crippen molar-refractivity contribution in [3.63, 3.8) is 0 Å². The average Bonchev–Trinajstić information content (AvgIpc) is 2.97. The van der Waals surface area contributed by atoms with Crippen LogP contribution in [-0.2, 0) is 0 Å². The van der Waals surface area contributed by atoms with Crippen molar-refractivity contribution >= 4 is 17.6 Å². The van der Waals surface area contributed by atoms with Crippen molar-refractivity contribution < 1.29 is 0 Å². The van der Waals surface area contributed by atoms with E-state index < -0.39 is 0 Å². The van der Waals surface area contributed by atoms with Crippen molar-refractivity contribution in [3.8, 4) is 6.19 Å². The van der Waals surface area contributed by atoms with Crippen LogP contribution in [0.15, 0.2) is 4.99 Å². The molecule has 0 fully saturated rings. The van der Waals surface area contributed by atoms with Crippen LogP contribution in [0, 0.1) is 16.9 Å². The zero-order chi connectivity index (χ0) is 12.2. The maximum absolute atomic E-state index is 8.61. The first kappa shape index (κ1) is 12.4. The summed E-state index contributed by atoms with van der Waals surface area (Å²) < 4.78 is 0.827. The Labute approximate surface area is 95.9 Å². The quantitative estimate of drug-likeness (QED) is 0.454. The van der Waals surface area contributed by atoms with Gasteiger partial charge in [0.15, 0.2) is 11.0 Å². The van der Waals surface area contributed by atoms with E-state index in [4.69, 9.17) is 10.7 Å². The van der Waals surface area contributed by atoms with Crippen LogP contribution in [-0.4, -0.2) is 25.5 Å². The molecule has 4 heteroatoms. The standard InChI is InChI=1S/C12H17N4/c1-4-16(5-2,6-3)12-10(7-8-13)11(12)15-9-14/h7,13H,4-6H2,1-3H3/q+1. The van der Waals surface area contributed by atoms with Gasteiger partial charge in [-0.1, -0.05) is 0 Å². The minimum atomic E-state index is 0.757. The summed E-state index contributed by atoms with van der Waals surface area (Å²) in [5, 5.41) is 16.3. The van der Waals surface area contributed by atoms with Gasteiger partial charge >= 0.3 is 0 Å². The van der Waals surface area contributed by atoms with Gasteiger partial charge in [0, 0.05) is 6.08 Å². The first-order chi connectivity index (χ1) is 7.70. The Balaban J connectivity index is 3.27. The molecule has 16 heavy (non-hydrogen) atoms. The summed E-state index contributed by atoms with van der Waals surface area (Å²) in [4.78, 5) is 3.81. The largest absolute Gasteiger partial charge is 0.289 e. The number of nitriles is 1. The van der Waals surface area contributed by atoms with Crippen molar-refractivity contribution in [1.29, 1.82) is 10.7 Å². The predicted molar refractivity (Wildman–Crippen MR) is 65.6 cm³/mol. The molecule has 0 unspecified atom stereocenters. The summed E-state index contributed by atoms with van der Waals surface area (Å²) in [5.74, 6) is 2.26. The fourth-order valence-corrected chi connectivity index (χ4v) is 2.18. The highest BCUT2D eigenvalue weighted by molar-refractivity contribution is 5.88. The minimum Gasteiger partial charge on any atom is -0.289 e. The van der Waals surface area contributed by atoms with Crippen LogP contribution in [0.25, 0.3) is 6.08 Å². The Hall–Kier alpha value is -1.69. The minimum absolute atomic E-state index is 0.757. The van der Waals surface area contributed by atoms with E-state index in [1.807, 2.05) is 6.19 Å². The van der Waals surface area contributed by atoms with Crippen LogP contribution in [0.3, 0.4) is 0 Å². The van der Waals surface area contributed by atoms with E-state index >= 15 is 0 Å². The second-order valence-electron chi connectivity index (χ2n) is 3.71. The second kappa shape index (κ2) is 4.89. The summed E-state index contributed by atoms with van der Waals surface area (Å²) in [5.41, 5.74) is 2.02. The smallest absolute Gasteiger partial charge is 0.206 e. The van der Waals surface area contributed by atoms with Crippen molar-refractivity contribution in [2.24, 2.45) is 4.99 Å². The SMILES string of the molecule is CC[N+](CC)(CC)c1c(C=C=N)c1=NC#N. The van der Waals surface area contributed by atoms with E-state index in [1.54, 1.807) is 6.08 Å². The lowest BCUT2D eigenvalue weighted by Gasteiger charge is -2.31. The van der Waals surface area contributed by atoms with Crippen LogP contribution >= 0.6 is 0 Å². The molecule has 0 aliphatic rings. The molecule has 84 valence electrons. The van der Waals surface area contributed by atoms with Crippen LogP contribution in [0.1, 0.15) is 26.3 Å². The zero-order valence-corrected chi connectivity index (χ0v) is 10.0. The van der Waals surface area contributed by atoms with Gasteiger partial charge < -0.3 is 0 Å². The van der Waals surface area contributed by atoms with E-state index in [0.717, 1.165) is 40.7 Å². The lowest BCUT2D eigenvalue weighted by atomic mass is 10.3. The van der Waals surface area contributed by atoms with Gasteiger partial charge in [-0.05, 0) is 26.6 Å². The molecule has 4 nitrogen and oxygen atoms in total. The van der Waals surface area contributed by atoms with Gasteiger partial charge in [0.2, 0.25) is 6.19 Å². The van der Waals surface area contributed by atoms with Gasteiger partial charge in [-0.25, -0.2) is 0 Å². The first-order valence-corrected chi connectivity index (χ1v) is 5.54. The summed E-state index contributed by atoms with van der Waals surface area (Å²) in [6, 6.07) is 0. The first-order valence-electron chi connectivity index (χ1n) is 5.54. The molecule has 0 saturated carbocycles. The molecule has 1 N–H and O–H groups in total. The number of nitrogens with one attached hydrogen (secondary N) is 1. The maximum atomic E-state index is 8.61. The Bertz CT molecular complexity index is 464. The summed E-state index contributed by atoms with van der Waals surface area (Å²) >= 11 is 0. The fraction of sp³-hybridized carbons (Fsp3) is 0.500. The normalized spacial score (nSPS) is 12.5. The van der Waals surface area contributed by atoms with Gasteiger partial charge in [0.05, 0.1) is 25.2 Å². The fourth-order valence-electron chi connectivity index (χ4n) is 2.18. The third-order valence-electron chi connectivity index (χ3n) is 3.34. The van der Waals surface area contributed by atoms with E-state index in [-0.39, 0.29) is 0 Å². The molecule has 1 aromatic carbocycles. The molecule has 0 spiro atoms. The molecule has 0 amide bonds. The van der Waals surface area contributed by atoms with E-state index in [1.165, 1.54) is 0 Å². The summed E-state index contributed by atoms with van der Waals surface area (Å²) in [6.07, 6.45) is 3.42. The number of quaternary nitrogens is 1. The Morgan fingerprint density at radius 3 is 2.25 bits per heavy atom. The predicted octanol–water partition coefficient (Wildman–Crippen LogP) is 1.57. The molecule has 0 radical (unpaired) electrons. The number of hydrogen-bond donors (Lipinski definition) is 1. The van der Waals surface area contributed by atoms with Crippen molar-refractivity contribution in [2.45, 2.75) is 20.8 Å². The molecule has 0 aromatic heterocycles. The lowest BCUT2D eigenvalue weighted by Crippen LogP contribution is -2.48. The second-order valence-corrected chi connectivity index (χ2v) is 3.71. The van der Waals surface area contributed by atoms with E-state index in [0.29, 0.717) is 0 Å². The van der Waals surface area contributed by atoms with Gasteiger partial charge in [-0.3, -0.25) is 9.89 Å². The average molecular weight is 217 g/mol. The molecule has 0 bridgehead atoms. The Morgan fingerprint density at radius 2 is 1.88 bits per heavy atom. The molecule has 1 aromatic rings. The molecule has 0 saturated heterocycles. The Kier molecular flexibility index (Phi) is 3.78. The molecule has 0 aliphatic carbocycles. The highest BCUT2D eigenvalue weighted by atomic mass is 15.4. The van der Waals surface area contributed by atoms with Crippen LogP contribution < -0.4 is 9.84 Å². The third-order valence-corrected chi connectivity index (χ3v) is 3.34. The molecule has 0 heterocycles. The number of hydrogen-bond acceptors (Lipinski definition) is 3. The molecule has 0 atom stereocenters. The van der Waals surface area contributed by atoms with Crippen LogP contribution in [0.5, 0.6) is 0 Å². The summed E-state index contributed by atoms with van der Waals surface area (Å²) in [6.45, 7) is 9.32. The molecule has 1 rings (SSSR count). The Morgan fingerprint density at radius 1 is 1.31 bits per heavy atom. The molecule has 0 aliphatic heterocycles. The zero-order valence-electron chi connectivity index (χ0n) is 10.0. The van der Waals surface area contributed by atoms with E-state index in [9.17, 15) is 0 Å². The van der Waals surface area contributed by atoms with Gasteiger partial charge in [0.25, 0.3) is 0 Å². The lowest BCUT2D eigenvalue weighted by molar-refractivity contribution is 0.320. The van der Waals surface area contributed by atoms with Gasteiger partial charge in [-0.2, -0.15) is 10.3 Å². The highest BCUT2D eigenvalue weighted by Gasteiger charge is 2.37. The van der Waals surface area contributed by atoms with Crippen molar-refractivity contribution in [1.82, 2.24) is 4.48 Å². The molecular formula is C12H17N4+. The molecular weight excluding hydrogens is 200 g/mol. The van der Waals surface area contributed by atoms with E-state index in [2.05, 4.69) is 31.6 Å². The van der Waals surface area contributed by atoms with Gasteiger partial charge in [-0.15, -0.1) is 0 Å². The topological polar surface area (TPSA) is 60.0 Å². The monoisotopic (exact) mass is 217 g/mol. The summed E-state index contributed by atoms with van der Waals surface area (Å²) in [7, 11) is 0. The number of rotatable bonds is 5. The van der Waals surface area contributed by atoms with Crippen LogP contribution in [0.2, 0.25) is 0 Å². The third kappa shape index (κ3) is 1.83. The number of nitrogens with zero attached hydrogens (tertiary/aromatic N) is 3. The van der Waals surface area contributed by atoms with Crippen molar-refractivity contribution in [2.75, 3.05) is 19.6 Å². The highest BCUT2D eigenvalue weighted by Crippen LogP contribution is 2.30. The van der Waals surface area contributed by atoms with Crippen molar-refractivity contribution in [3.05, 3.63) is 10.9 Å². The van der Waals surface area contributed by atoms with Crippen LogP contribution in [0.4, 0.5) is 5.69 Å². The van der Waals surface area contributed by atoms with Gasteiger partial charge in [0.1, 0.15) is 0 Å².